The minimum absolute atomic E-state index is 0. The van der Waals surface area contributed by atoms with Crippen LogP contribution in [0.3, 0.4) is 0 Å². The third kappa shape index (κ3) is 6.50. The molecule has 1 aliphatic carbocycles. The molecule has 0 saturated heterocycles. The van der Waals surface area contributed by atoms with Crippen molar-refractivity contribution in [3.8, 4) is 0 Å². The largest absolute Gasteiger partial charge is 0.355 e. The number of amides is 1. The van der Waals surface area contributed by atoms with Gasteiger partial charge in [-0.1, -0.05) is 20.3 Å². The highest BCUT2D eigenvalue weighted by Crippen LogP contribution is 2.26. The van der Waals surface area contributed by atoms with Crippen molar-refractivity contribution in [2.45, 2.75) is 45.6 Å². The molecule has 0 bridgehead atoms. The first kappa shape index (κ1) is 20.6. The van der Waals surface area contributed by atoms with E-state index in [2.05, 4.69) is 5.32 Å². The van der Waals surface area contributed by atoms with Gasteiger partial charge in [-0.25, -0.2) is 12.7 Å². The average molecular weight is 342 g/mol. The summed E-state index contributed by atoms with van der Waals surface area (Å²) in [7, 11) is -3.26. The minimum Gasteiger partial charge on any atom is -0.355 e. The van der Waals surface area contributed by atoms with Crippen LogP contribution in [0.5, 0.6) is 0 Å². The summed E-state index contributed by atoms with van der Waals surface area (Å²) in [6.45, 7) is 4.70. The number of nitrogens with one attached hydrogen (secondary N) is 1. The van der Waals surface area contributed by atoms with Gasteiger partial charge in [-0.3, -0.25) is 4.79 Å². The topological polar surface area (TPSA) is 92.5 Å². The summed E-state index contributed by atoms with van der Waals surface area (Å²) in [5, 5.41) is 2.69. The molecular weight excluding hydrogens is 314 g/mol. The van der Waals surface area contributed by atoms with Crippen LogP contribution in [0.25, 0.3) is 0 Å². The summed E-state index contributed by atoms with van der Waals surface area (Å²) in [6, 6.07) is 0.111. The van der Waals surface area contributed by atoms with Gasteiger partial charge >= 0.3 is 0 Å². The van der Waals surface area contributed by atoms with E-state index in [1.54, 1.807) is 13.8 Å². The van der Waals surface area contributed by atoms with Crippen molar-refractivity contribution in [3.63, 3.8) is 0 Å². The molecule has 1 amide bonds. The van der Waals surface area contributed by atoms with Crippen LogP contribution >= 0.6 is 12.4 Å². The molecule has 0 radical (unpaired) electrons. The standard InChI is InChI=1S/C13H27N3O3S.ClH/c1-3-16(4-2)20(18,19)9-8-15-13(17)10-11-6-5-7-12(11)14;/h11-12H,3-10,14H2,1-2H3,(H,15,17);1H/t11-,12+;/m0./s1. The second-order valence-corrected chi connectivity index (χ2v) is 7.40. The molecule has 2 atom stereocenters. The summed E-state index contributed by atoms with van der Waals surface area (Å²) in [6.07, 6.45) is 3.46. The number of halogens is 1. The number of rotatable bonds is 8. The van der Waals surface area contributed by atoms with Crippen molar-refractivity contribution in [1.82, 2.24) is 9.62 Å². The fourth-order valence-electron chi connectivity index (χ4n) is 2.69. The van der Waals surface area contributed by atoms with E-state index in [1.165, 1.54) is 4.31 Å². The van der Waals surface area contributed by atoms with E-state index in [-0.39, 0.29) is 42.6 Å². The lowest BCUT2D eigenvalue weighted by Gasteiger charge is -2.19. The van der Waals surface area contributed by atoms with Gasteiger partial charge in [0, 0.05) is 32.1 Å². The van der Waals surface area contributed by atoms with Crippen molar-refractivity contribution in [2.24, 2.45) is 11.7 Å². The molecule has 0 unspecified atom stereocenters. The zero-order valence-corrected chi connectivity index (χ0v) is 14.5. The van der Waals surface area contributed by atoms with E-state index in [0.29, 0.717) is 19.5 Å². The molecule has 1 rings (SSSR count). The van der Waals surface area contributed by atoms with Crippen molar-refractivity contribution >= 4 is 28.3 Å². The highest BCUT2D eigenvalue weighted by atomic mass is 35.5. The molecule has 21 heavy (non-hydrogen) atoms. The van der Waals surface area contributed by atoms with Gasteiger partial charge in [-0.15, -0.1) is 12.4 Å². The maximum absolute atomic E-state index is 11.9. The third-order valence-electron chi connectivity index (χ3n) is 3.95. The van der Waals surface area contributed by atoms with Gasteiger partial charge in [0.15, 0.2) is 0 Å². The molecule has 0 aromatic heterocycles. The normalized spacial score (nSPS) is 22.1. The van der Waals surface area contributed by atoms with Crippen LogP contribution in [-0.2, 0) is 14.8 Å². The van der Waals surface area contributed by atoms with Crippen LogP contribution in [0.1, 0.15) is 39.5 Å². The lowest BCUT2D eigenvalue weighted by Crippen LogP contribution is -2.38. The Hall–Kier alpha value is -0.370. The number of nitrogens with two attached hydrogens (primary N) is 1. The van der Waals surface area contributed by atoms with Crippen LogP contribution in [-0.4, -0.2) is 50.1 Å². The average Bonchev–Trinajstić information content (AvgIpc) is 2.75. The van der Waals surface area contributed by atoms with Crippen molar-refractivity contribution in [1.29, 1.82) is 0 Å². The van der Waals surface area contributed by atoms with Gasteiger partial charge in [0.2, 0.25) is 15.9 Å². The zero-order chi connectivity index (χ0) is 15.2. The van der Waals surface area contributed by atoms with Crippen molar-refractivity contribution < 1.29 is 13.2 Å². The van der Waals surface area contributed by atoms with E-state index in [4.69, 9.17) is 5.73 Å². The molecule has 0 spiro atoms. The Morgan fingerprint density at radius 3 is 2.38 bits per heavy atom. The third-order valence-corrected chi connectivity index (χ3v) is 5.97. The Kier molecular flexibility index (Phi) is 9.44. The van der Waals surface area contributed by atoms with Crippen molar-refractivity contribution in [3.05, 3.63) is 0 Å². The molecule has 3 N–H and O–H groups in total. The summed E-state index contributed by atoms with van der Waals surface area (Å²) >= 11 is 0. The Bertz CT molecular complexity index is 413. The number of sulfonamides is 1. The van der Waals surface area contributed by atoms with Gasteiger partial charge < -0.3 is 11.1 Å². The fraction of sp³-hybridized carbons (Fsp3) is 0.923. The van der Waals surface area contributed by atoms with E-state index >= 15 is 0 Å². The van der Waals surface area contributed by atoms with Crippen LogP contribution in [0.4, 0.5) is 0 Å². The summed E-state index contributed by atoms with van der Waals surface area (Å²) in [4.78, 5) is 11.8. The van der Waals surface area contributed by atoms with E-state index in [9.17, 15) is 13.2 Å². The Balaban J connectivity index is 0.00000400. The molecule has 0 aromatic carbocycles. The molecule has 1 aliphatic rings. The van der Waals surface area contributed by atoms with Gasteiger partial charge in [0.05, 0.1) is 5.75 Å². The summed E-state index contributed by atoms with van der Waals surface area (Å²) in [5.41, 5.74) is 5.92. The second-order valence-electron chi connectivity index (χ2n) is 5.31. The van der Waals surface area contributed by atoms with E-state index < -0.39 is 10.0 Å². The van der Waals surface area contributed by atoms with Crippen LogP contribution < -0.4 is 11.1 Å². The predicted octanol–water partition coefficient (Wildman–Crippen LogP) is 0.714. The molecule has 1 fully saturated rings. The van der Waals surface area contributed by atoms with Crippen LogP contribution in [0.2, 0.25) is 0 Å². The Labute approximate surface area is 134 Å². The molecule has 8 heteroatoms. The number of hydrogen-bond acceptors (Lipinski definition) is 4. The quantitative estimate of drug-likeness (QED) is 0.680. The van der Waals surface area contributed by atoms with Crippen LogP contribution in [0.15, 0.2) is 0 Å². The Morgan fingerprint density at radius 1 is 1.29 bits per heavy atom. The Morgan fingerprint density at radius 2 is 1.90 bits per heavy atom. The van der Waals surface area contributed by atoms with Gasteiger partial charge in [-0.05, 0) is 18.8 Å². The smallest absolute Gasteiger partial charge is 0.220 e. The molecule has 0 heterocycles. The predicted molar refractivity (Wildman–Crippen MR) is 86.9 cm³/mol. The second kappa shape index (κ2) is 9.61. The van der Waals surface area contributed by atoms with E-state index in [1.807, 2.05) is 0 Å². The molecule has 6 nitrogen and oxygen atoms in total. The van der Waals surface area contributed by atoms with Crippen molar-refractivity contribution in [2.75, 3.05) is 25.4 Å². The molecule has 0 aliphatic heterocycles. The molecule has 0 aromatic rings. The fourth-order valence-corrected chi connectivity index (χ4v) is 4.10. The lowest BCUT2D eigenvalue weighted by molar-refractivity contribution is -0.121. The molecule has 1 saturated carbocycles. The molecular formula is C13H28ClN3O3S. The first-order valence-corrected chi connectivity index (χ1v) is 9.01. The first-order chi connectivity index (χ1) is 9.40. The number of nitrogens with zero attached hydrogens (tertiary/aromatic N) is 1. The van der Waals surface area contributed by atoms with Crippen LogP contribution in [0, 0.1) is 5.92 Å². The zero-order valence-electron chi connectivity index (χ0n) is 12.9. The summed E-state index contributed by atoms with van der Waals surface area (Å²) < 4.78 is 25.3. The highest BCUT2D eigenvalue weighted by Gasteiger charge is 2.26. The summed E-state index contributed by atoms with van der Waals surface area (Å²) in [5.74, 6) is 0.105. The minimum atomic E-state index is -3.26. The van der Waals surface area contributed by atoms with Gasteiger partial charge in [-0.2, -0.15) is 0 Å². The monoisotopic (exact) mass is 341 g/mol. The van der Waals surface area contributed by atoms with E-state index in [0.717, 1.165) is 19.3 Å². The van der Waals surface area contributed by atoms with Gasteiger partial charge in [0.1, 0.15) is 0 Å². The highest BCUT2D eigenvalue weighted by molar-refractivity contribution is 7.89. The lowest BCUT2D eigenvalue weighted by atomic mass is 10.00. The number of carbonyl (C=O) groups is 1. The maximum Gasteiger partial charge on any atom is 0.220 e. The molecule has 126 valence electrons. The first-order valence-electron chi connectivity index (χ1n) is 7.40. The SMILES string of the molecule is CCN(CC)S(=O)(=O)CCNC(=O)C[C@@H]1CCC[C@H]1N.Cl. The maximum atomic E-state index is 11.9. The van der Waals surface area contributed by atoms with Gasteiger partial charge in [0.25, 0.3) is 0 Å². The number of carbonyl (C=O) groups excluding carboxylic acids is 1. The number of hydrogen-bond donors (Lipinski definition) is 2.